The zero-order valence-corrected chi connectivity index (χ0v) is 17.3. The number of hydrogen-bond donors (Lipinski definition) is 7. The molecule has 0 spiro atoms. The molecule has 1 rings (SSSR count). The summed E-state index contributed by atoms with van der Waals surface area (Å²) in [6.45, 7) is -0.989. The van der Waals surface area contributed by atoms with Gasteiger partial charge in [-0.25, -0.2) is 0 Å². The molecule has 3 atom stereocenters. The summed E-state index contributed by atoms with van der Waals surface area (Å²) in [5.41, 5.74) is 12.3. The summed E-state index contributed by atoms with van der Waals surface area (Å²) in [6, 6.07) is 5.92. The largest absolute Gasteiger partial charge is 0.480 e. The third-order valence-electron chi connectivity index (χ3n) is 4.44. The molecule has 0 aliphatic rings. The molecule has 0 radical (unpaired) electrons. The Morgan fingerprint density at radius 1 is 0.935 bits per heavy atom. The number of aliphatic carboxylic acids is 1. The Morgan fingerprint density at radius 3 is 2.16 bits per heavy atom. The third-order valence-corrected chi connectivity index (χ3v) is 4.44. The van der Waals surface area contributed by atoms with Crippen LogP contribution in [0.4, 0.5) is 0 Å². The fraction of sp³-hybridized carbons (Fsp3) is 0.500. The molecule has 1 aromatic carbocycles. The molecule has 0 saturated heterocycles. The van der Waals surface area contributed by atoms with Gasteiger partial charge in [-0.2, -0.15) is 0 Å². The molecule has 0 aliphatic carbocycles. The normalized spacial score (nSPS) is 13.5. The summed E-state index contributed by atoms with van der Waals surface area (Å²) in [5, 5.41) is 25.0. The molecular formula is C20H31N5O6. The molecule has 0 fully saturated rings. The summed E-state index contributed by atoms with van der Waals surface area (Å²) in [7, 11) is 0. The van der Waals surface area contributed by atoms with Crippen molar-refractivity contribution in [3.8, 4) is 0 Å². The zero-order chi connectivity index (χ0) is 23.2. The number of aliphatic hydroxyl groups excluding tert-OH is 1. The minimum atomic E-state index is -1.36. The van der Waals surface area contributed by atoms with Crippen LogP contribution in [-0.4, -0.2) is 71.7 Å². The average molecular weight is 437 g/mol. The van der Waals surface area contributed by atoms with Crippen LogP contribution < -0.4 is 27.4 Å². The van der Waals surface area contributed by atoms with E-state index in [0.29, 0.717) is 19.4 Å². The number of amides is 3. The molecule has 3 unspecified atom stereocenters. The molecule has 0 aromatic heterocycles. The molecule has 0 heterocycles. The van der Waals surface area contributed by atoms with Gasteiger partial charge in [-0.05, 0) is 37.8 Å². The quantitative estimate of drug-likeness (QED) is 0.160. The van der Waals surface area contributed by atoms with Gasteiger partial charge in [-0.3, -0.25) is 19.2 Å². The number of carboxylic acid groups (broad SMARTS) is 1. The zero-order valence-electron chi connectivity index (χ0n) is 17.3. The molecule has 31 heavy (non-hydrogen) atoms. The Hall–Kier alpha value is -3.02. The molecule has 0 aliphatic heterocycles. The topological polar surface area (TPSA) is 197 Å². The molecule has 3 amide bonds. The molecule has 1 aromatic rings. The van der Waals surface area contributed by atoms with Crippen LogP contribution in [0.15, 0.2) is 30.3 Å². The second-order valence-corrected chi connectivity index (χ2v) is 7.00. The average Bonchev–Trinajstić information content (AvgIpc) is 2.75. The lowest BCUT2D eigenvalue weighted by Crippen LogP contribution is -2.57. The lowest BCUT2D eigenvalue weighted by molar-refractivity contribution is -0.139. The van der Waals surface area contributed by atoms with Gasteiger partial charge in [-0.1, -0.05) is 30.3 Å². The van der Waals surface area contributed by atoms with E-state index >= 15 is 0 Å². The fourth-order valence-electron chi connectivity index (χ4n) is 2.75. The van der Waals surface area contributed by atoms with Crippen molar-refractivity contribution < 1.29 is 29.4 Å². The van der Waals surface area contributed by atoms with Crippen LogP contribution in [0, 0.1) is 0 Å². The highest BCUT2D eigenvalue weighted by molar-refractivity contribution is 5.93. The van der Waals surface area contributed by atoms with Crippen molar-refractivity contribution in [2.45, 2.75) is 43.8 Å². The second kappa shape index (κ2) is 14.1. The molecular weight excluding hydrogens is 406 g/mol. The summed E-state index contributed by atoms with van der Waals surface area (Å²) >= 11 is 0. The first-order valence-corrected chi connectivity index (χ1v) is 9.99. The minimum Gasteiger partial charge on any atom is -0.480 e. The second-order valence-electron chi connectivity index (χ2n) is 7.00. The Balaban J connectivity index is 2.76. The predicted molar refractivity (Wildman–Crippen MR) is 113 cm³/mol. The molecule has 0 saturated carbocycles. The highest BCUT2D eigenvalue weighted by Gasteiger charge is 2.27. The maximum absolute atomic E-state index is 12.7. The molecule has 0 bridgehead atoms. The standard InChI is InChI=1S/C20H31N5O6/c21-9-5-4-8-15(20(31)25-16(12-26)19(30)23-11-17(27)28)24-18(29)14(22)10-13-6-2-1-3-7-13/h1-3,6-7,14-16,26H,4-5,8-12,21-22H2,(H,23,30)(H,24,29)(H,25,31)(H,27,28). The summed E-state index contributed by atoms with van der Waals surface area (Å²) < 4.78 is 0. The van der Waals surface area contributed by atoms with Crippen LogP contribution in [0.5, 0.6) is 0 Å². The van der Waals surface area contributed by atoms with E-state index in [4.69, 9.17) is 16.6 Å². The van der Waals surface area contributed by atoms with Crippen molar-refractivity contribution in [1.29, 1.82) is 0 Å². The van der Waals surface area contributed by atoms with Gasteiger partial charge in [0.05, 0.1) is 12.6 Å². The highest BCUT2D eigenvalue weighted by atomic mass is 16.4. The van der Waals surface area contributed by atoms with Gasteiger partial charge in [0, 0.05) is 0 Å². The molecule has 9 N–H and O–H groups in total. The van der Waals surface area contributed by atoms with E-state index in [1.54, 1.807) is 0 Å². The Labute approximate surface area is 180 Å². The number of carbonyl (C=O) groups excluding carboxylic acids is 3. The minimum absolute atomic E-state index is 0.252. The van der Waals surface area contributed by atoms with Crippen molar-refractivity contribution >= 4 is 23.7 Å². The predicted octanol–water partition coefficient (Wildman–Crippen LogP) is -2.15. The van der Waals surface area contributed by atoms with Gasteiger partial charge in [0.25, 0.3) is 0 Å². The van der Waals surface area contributed by atoms with Crippen molar-refractivity contribution in [2.75, 3.05) is 19.7 Å². The van der Waals surface area contributed by atoms with Gasteiger partial charge in [0.1, 0.15) is 18.6 Å². The highest BCUT2D eigenvalue weighted by Crippen LogP contribution is 2.05. The van der Waals surface area contributed by atoms with Crippen LogP contribution in [0.25, 0.3) is 0 Å². The van der Waals surface area contributed by atoms with Crippen LogP contribution in [0.1, 0.15) is 24.8 Å². The molecule has 172 valence electrons. The lowest BCUT2D eigenvalue weighted by Gasteiger charge is -2.23. The summed E-state index contributed by atoms with van der Waals surface area (Å²) in [4.78, 5) is 47.7. The number of benzene rings is 1. The maximum atomic E-state index is 12.7. The number of carboxylic acids is 1. The SMILES string of the molecule is NCCCCC(NC(=O)C(N)Cc1ccccc1)C(=O)NC(CO)C(=O)NCC(=O)O. The monoisotopic (exact) mass is 437 g/mol. The first kappa shape index (κ1) is 26.0. The third kappa shape index (κ3) is 10.0. The van der Waals surface area contributed by atoms with E-state index in [1.165, 1.54) is 0 Å². The van der Waals surface area contributed by atoms with Gasteiger partial charge < -0.3 is 37.6 Å². The van der Waals surface area contributed by atoms with Crippen molar-refractivity contribution in [3.05, 3.63) is 35.9 Å². The van der Waals surface area contributed by atoms with Gasteiger partial charge >= 0.3 is 5.97 Å². The number of hydrogen-bond acceptors (Lipinski definition) is 7. The van der Waals surface area contributed by atoms with E-state index in [-0.39, 0.29) is 12.8 Å². The van der Waals surface area contributed by atoms with Gasteiger partial charge in [-0.15, -0.1) is 0 Å². The smallest absolute Gasteiger partial charge is 0.322 e. The fourth-order valence-corrected chi connectivity index (χ4v) is 2.75. The van der Waals surface area contributed by atoms with Crippen LogP contribution in [-0.2, 0) is 25.6 Å². The first-order chi connectivity index (χ1) is 14.8. The van der Waals surface area contributed by atoms with E-state index in [1.807, 2.05) is 30.3 Å². The summed E-state index contributed by atoms with van der Waals surface area (Å²) in [6.07, 6.45) is 1.69. The number of nitrogens with two attached hydrogens (primary N) is 2. The van der Waals surface area contributed by atoms with E-state index in [0.717, 1.165) is 5.56 Å². The van der Waals surface area contributed by atoms with Crippen LogP contribution in [0.3, 0.4) is 0 Å². The van der Waals surface area contributed by atoms with Crippen molar-refractivity contribution in [2.24, 2.45) is 11.5 Å². The van der Waals surface area contributed by atoms with E-state index in [2.05, 4.69) is 16.0 Å². The summed E-state index contributed by atoms with van der Waals surface area (Å²) in [5.74, 6) is -3.35. The number of nitrogens with one attached hydrogen (secondary N) is 3. The van der Waals surface area contributed by atoms with Gasteiger partial charge in [0.15, 0.2) is 0 Å². The molecule has 11 nitrogen and oxygen atoms in total. The Bertz CT molecular complexity index is 730. The number of unbranched alkanes of at least 4 members (excludes halogenated alkanes) is 1. The number of carbonyl (C=O) groups is 4. The van der Waals surface area contributed by atoms with Crippen molar-refractivity contribution in [3.63, 3.8) is 0 Å². The lowest BCUT2D eigenvalue weighted by atomic mass is 10.0. The van der Waals surface area contributed by atoms with Crippen LogP contribution in [0.2, 0.25) is 0 Å². The Morgan fingerprint density at radius 2 is 1.58 bits per heavy atom. The van der Waals surface area contributed by atoms with E-state index < -0.39 is 55.0 Å². The van der Waals surface area contributed by atoms with Crippen molar-refractivity contribution in [1.82, 2.24) is 16.0 Å². The van der Waals surface area contributed by atoms with E-state index in [9.17, 15) is 24.3 Å². The maximum Gasteiger partial charge on any atom is 0.322 e. The Kier molecular flexibility index (Phi) is 11.8. The first-order valence-electron chi connectivity index (χ1n) is 9.99. The molecule has 11 heteroatoms. The van der Waals surface area contributed by atoms with Gasteiger partial charge in [0.2, 0.25) is 17.7 Å². The van der Waals surface area contributed by atoms with Crippen LogP contribution >= 0.6 is 0 Å². The number of rotatable bonds is 14. The number of aliphatic hydroxyl groups is 1.